The quantitative estimate of drug-likeness (QED) is 0.135. The Kier molecular flexibility index (Phi) is 10.5. The molecule has 16 rings (SSSR count). The van der Waals surface area contributed by atoms with Gasteiger partial charge >= 0.3 is 0 Å². The zero-order valence-corrected chi connectivity index (χ0v) is 44.4. The van der Waals surface area contributed by atoms with Gasteiger partial charge in [0.1, 0.15) is 28.1 Å². The van der Waals surface area contributed by atoms with Crippen molar-refractivity contribution in [2.24, 2.45) is 0 Å². The maximum Gasteiger partial charge on any atom is 0.186 e. The highest BCUT2D eigenvalue weighted by Gasteiger charge is 2.52. The first-order chi connectivity index (χ1) is 39.7. The van der Waals surface area contributed by atoms with E-state index in [1.807, 2.05) is 24.3 Å². The van der Waals surface area contributed by atoms with E-state index in [-0.39, 0.29) is 0 Å². The van der Waals surface area contributed by atoms with E-state index in [0.29, 0.717) is 0 Å². The molecule has 0 fully saturated rings. The highest BCUT2D eigenvalue weighted by atomic mass is 28.3. The van der Waals surface area contributed by atoms with Crippen LogP contribution in [0.3, 0.4) is 0 Å². The molecule has 0 radical (unpaired) electrons. The molecule has 6 heteroatoms. The molecule has 15 aromatic rings. The molecule has 4 heterocycles. The fourth-order valence-electron chi connectivity index (χ4n) is 13.0. The summed E-state index contributed by atoms with van der Waals surface area (Å²) in [6, 6.07) is 108. The lowest BCUT2D eigenvalue weighted by Gasteiger charge is -2.44. The monoisotopic (exact) mass is 1040 g/mol. The number of benzene rings is 12. The molecule has 0 atom stereocenters. The zero-order chi connectivity index (χ0) is 52.7. The number of nitrogens with zero attached hydrogens (tertiary/aromatic N) is 3. The summed E-state index contributed by atoms with van der Waals surface area (Å²) in [7, 11) is -3.12. The lowest BCUT2D eigenvalue weighted by atomic mass is 9.98. The van der Waals surface area contributed by atoms with Gasteiger partial charge in [0.25, 0.3) is 0 Å². The van der Waals surface area contributed by atoms with Crippen LogP contribution in [0.25, 0.3) is 82.7 Å². The van der Waals surface area contributed by atoms with Crippen LogP contribution in [0.4, 0.5) is 34.3 Å². The van der Waals surface area contributed by atoms with Crippen LogP contribution in [-0.2, 0) is 0 Å². The molecule has 80 heavy (non-hydrogen) atoms. The number of aromatic nitrogens is 1. The van der Waals surface area contributed by atoms with E-state index < -0.39 is 8.07 Å². The first-order valence-electron chi connectivity index (χ1n) is 27.3. The first kappa shape index (κ1) is 45.8. The first-order valence-corrected chi connectivity index (χ1v) is 29.3. The molecule has 1 aliphatic heterocycles. The summed E-state index contributed by atoms with van der Waals surface area (Å²) in [6.45, 7) is 0. The molecule has 0 aliphatic carbocycles. The van der Waals surface area contributed by atoms with Crippen LogP contribution in [0.15, 0.2) is 306 Å². The fourth-order valence-corrected chi connectivity index (χ4v) is 18.2. The number of hydrogen-bond donors (Lipinski definition) is 0. The Morgan fingerprint density at radius 1 is 0.312 bits per heavy atom. The number of rotatable bonds is 9. The Morgan fingerprint density at radius 3 is 1.40 bits per heavy atom. The summed E-state index contributed by atoms with van der Waals surface area (Å²) < 4.78 is 15.5. The molecule has 0 N–H and O–H groups in total. The van der Waals surface area contributed by atoms with Gasteiger partial charge < -0.3 is 13.7 Å². The lowest BCUT2D eigenvalue weighted by molar-refractivity contribution is 0.669. The maximum absolute atomic E-state index is 6.51. The van der Waals surface area contributed by atoms with Crippen LogP contribution in [0.2, 0.25) is 0 Å². The van der Waals surface area contributed by atoms with Crippen molar-refractivity contribution in [1.82, 2.24) is 4.57 Å². The van der Waals surface area contributed by atoms with Gasteiger partial charge in [0.2, 0.25) is 0 Å². The van der Waals surface area contributed by atoms with Crippen molar-refractivity contribution in [3.8, 4) is 27.9 Å². The van der Waals surface area contributed by atoms with Crippen molar-refractivity contribution in [3.63, 3.8) is 0 Å². The minimum absolute atomic E-state index is 0.837. The molecule has 1 aliphatic rings. The van der Waals surface area contributed by atoms with E-state index in [9.17, 15) is 0 Å². The molecular formula is C74H49N3O2Si. The number of hydrogen-bond acceptors (Lipinski definition) is 4. The van der Waals surface area contributed by atoms with Crippen LogP contribution in [0.1, 0.15) is 0 Å². The average Bonchev–Trinajstić information content (AvgIpc) is 2.96. The Balaban J connectivity index is 0.892. The van der Waals surface area contributed by atoms with Gasteiger partial charge in [-0.3, -0.25) is 9.47 Å². The van der Waals surface area contributed by atoms with Crippen LogP contribution in [0, 0.1) is 0 Å². The summed E-state index contributed by atoms with van der Waals surface area (Å²) in [5.74, 6) is 1.17. The molecule has 0 spiro atoms. The molecule has 5 nitrogen and oxygen atoms in total. The maximum atomic E-state index is 6.51. The number of para-hydroxylation sites is 5. The smallest absolute Gasteiger partial charge is 0.186 e. The van der Waals surface area contributed by atoms with Crippen LogP contribution in [0.5, 0.6) is 0 Å². The molecule has 0 amide bonds. The van der Waals surface area contributed by atoms with E-state index in [1.165, 1.54) is 37.6 Å². The van der Waals surface area contributed by atoms with Crippen molar-refractivity contribution in [3.05, 3.63) is 297 Å². The number of fused-ring (bicyclic) bond motifs is 10. The zero-order valence-electron chi connectivity index (χ0n) is 43.4. The van der Waals surface area contributed by atoms with E-state index in [2.05, 4.69) is 287 Å². The van der Waals surface area contributed by atoms with Crippen molar-refractivity contribution in [1.29, 1.82) is 0 Å². The summed E-state index contributed by atoms with van der Waals surface area (Å²) >= 11 is 0. The largest absolute Gasteiger partial charge is 0.456 e. The molecule has 12 aromatic carbocycles. The summed E-state index contributed by atoms with van der Waals surface area (Å²) in [6.07, 6.45) is 0. The number of anilines is 6. The Bertz CT molecular complexity index is 4700. The van der Waals surface area contributed by atoms with Crippen molar-refractivity contribution in [2.45, 2.75) is 0 Å². The third kappa shape index (κ3) is 7.09. The minimum atomic E-state index is -3.12. The standard InChI is InChI=1S/C74H49N3O2Si/c1-5-24-54(25-6-1)76-66-44-39-53(47-65(66)73-74(76)77(55-26-7-2-8-27-55)67-35-15-18-38-72(67)80(73,59-29-9-3-10-30-59)60-31-11-4-12-32-60)51-22-19-21-50(45-51)52-23-20-28-56(46-52)75(57-40-42-63-61-33-13-16-36-68(61)78-70(63)48-57)58-41-43-64-62-34-14-17-37-69(62)79-71(64)49-58/h1-49H. The minimum Gasteiger partial charge on any atom is -0.456 e. The highest BCUT2D eigenvalue weighted by molar-refractivity contribution is 7.22. The van der Waals surface area contributed by atoms with Gasteiger partial charge in [0.05, 0.1) is 5.52 Å². The van der Waals surface area contributed by atoms with Gasteiger partial charge in [0.15, 0.2) is 8.07 Å². The van der Waals surface area contributed by atoms with Crippen LogP contribution in [-0.4, -0.2) is 12.6 Å². The SMILES string of the molecule is c1ccc(N2c3ccccc3[Si](c3ccccc3)(c3ccccc3)c3c2n(-c2ccccc2)c2ccc(-c4cccc(-c5cccc(N(c6ccc7c(c6)oc6ccccc67)c6ccc7c(c6)oc6ccccc67)c5)c4)cc32)cc1. The van der Waals surface area contributed by atoms with Crippen LogP contribution >= 0.6 is 0 Å². The molecule has 376 valence electrons. The fraction of sp³-hybridized carbons (Fsp3) is 0. The molecule has 0 saturated carbocycles. The molecular weight excluding hydrogens is 991 g/mol. The summed E-state index contributed by atoms with van der Waals surface area (Å²) in [5, 5.41) is 11.0. The second kappa shape index (κ2) is 18.4. The predicted molar refractivity (Wildman–Crippen MR) is 335 cm³/mol. The Morgan fingerprint density at radius 2 is 0.787 bits per heavy atom. The number of furan rings is 2. The summed E-state index contributed by atoms with van der Waals surface area (Å²) in [4.78, 5) is 4.84. The van der Waals surface area contributed by atoms with E-state index in [1.54, 1.807) is 0 Å². The summed E-state index contributed by atoms with van der Waals surface area (Å²) in [5.41, 5.74) is 15.5. The van der Waals surface area contributed by atoms with Crippen LogP contribution < -0.4 is 30.5 Å². The predicted octanol–water partition coefficient (Wildman–Crippen LogP) is 17.4. The second-order valence-corrected chi connectivity index (χ2v) is 24.5. The topological polar surface area (TPSA) is 37.7 Å². The van der Waals surface area contributed by atoms with E-state index in [0.717, 1.165) is 100 Å². The van der Waals surface area contributed by atoms with Gasteiger partial charge in [-0.2, -0.15) is 0 Å². The normalized spacial score (nSPS) is 12.8. The van der Waals surface area contributed by atoms with Crippen molar-refractivity contribution < 1.29 is 8.83 Å². The third-order valence-corrected chi connectivity index (χ3v) is 21.3. The Hall–Kier alpha value is -10.4. The molecule has 0 unspecified atom stereocenters. The van der Waals surface area contributed by atoms with Gasteiger partial charge in [-0.25, -0.2) is 0 Å². The molecule has 0 bridgehead atoms. The molecule has 3 aromatic heterocycles. The third-order valence-electron chi connectivity index (χ3n) is 16.4. The van der Waals surface area contributed by atoms with Crippen molar-refractivity contribution >= 4 is 118 Å². The second-order valence-electron chi connectivity index (χ2n) is 20.8. The van der Waals surface area contributed by atoms with Gasteiger partial charge in [-0.1, -0.05) is 188 Å². The van der Waals surface area contributed by atoms with Crippen molar-refractivity contribution in [2.75, 3.05) is 9.80 Å². The van der Waals surface area contributed by atoms with Gasteiger partial charge in [-0.05, 0) is 135 Å². The molecule has 0 saturated heterocycles. The van der Waals surface area contributed by atoms with Gasteiger partial charge in [0, 0.05) is 78.4 Å². The highest BCUT2D eigenvalue weighted by Crippen LogP contribution is 2.46. The average molecular weight is 1040 g/mol. The van der Waals surface area contributed by atoms with E-state index in [4.69, 9.17) is 8.83 Å². The van der Waals surface area contributed by atoms with E-state index >= 15 is 0 Å². The lowest BCUT2D eigenvalue weighted by Crippen LogP contribution is -2.77. The van der Waals surface area contributed by atoms with Gasteiger partial charge in [-0.15, -0.1) is 0 Å². The Labute approximate surface area is 463 Å².